The van der Waals surface area contributed by atoms with Crippen LogP contribution < -0.4 is 14.9 Å². The van der Waals surface area contributed by atoms with Gasteiger partial charge in [-0.3, -0.25) is 9.59 Å². The molecule has 5 atom stereocenters. The number of aryl methyl sites for hydroxylation is 1. The van der Waals surface area contributed by atoms with Gasteiger partial charge in [0.2, 0.25) is 5.43 Å². The van der Waals surface area contributed by atoms with Crippen LogP contribution in [0, 0.1) is 0 Å². The minimum Gasteiger partial charge on any atom is -0.496 e. The Labute approximate surface area is 220 Å². The topological polar surface area (TPSA) is 85.2 Å². The number of alkyl halides is 1. The summed E-state index contributed by atoms with van der Waals surface area (Å²) in [6, 6.07) is 9.33. The molecule has 5 rings (SSSR count). The number of nitrogens with zero attached hydrogens (tertiary/aromatic N) is 1. The number of aromatic nitrogens is 1. The molecule has 1 fully saturated rings. The van der Waals surface area contributed by atoms with Crippen LogP contribution >= 0.6 is 11.6 Å². The van der Waals surface area contributed by atoms with Crippen LogP contribution in [-0.4, -0.2) is 53.2 Å². The lowest BCUT2D eigenvalue weighted by atomic mass is 9.88. The zero-order valence-electron chi connectivity index (χ0n) is 21.9. The van der Waals surface area contributed by atoms with Gasteiger partial charge in [0.05, 0.1) is 35.0 Å². The molecule has 0 radical (unpaired) electrons. The molecule has 3 heterocycles. The second kappa shape index (κ2) is 9.49. The highest BCUT2D eigenvalue weighted by molar-refractivity contribution is 6.21. The monoisotopic (exact) mass is 529 g/mol. The third kappa shape index (κ3) is 4.45. The van der Waals surface area contributed by atoms with Gasteiger partial charge >= 0.3 is 5.97 Å². The van der Waals surface area contributed by atoms with E-state index in [1.54, 1.807) is 13.2 Å². The number of para-hydroxylation sites is 1. The van der Waals surface area contributed by atoms with Crippen molar-refractivity contribution in [1.29, 1.82) is 0 Å². The summed E-state index contributed by atoms with van der Waals surface area (Å²) in [6.07, 6.45) is -1.13. The average molecular weight is 530 g/mol. The van der Waals surface area contributed by atoms with Crippen molar-refractivity contribution in [1.82, 2.24) is 4.57 Å². The van der Waals surface area contributed by atoms with Crippen LogP contribution in [0.2, 0.25) is 0 Å². The predicted octanol–water partition coefficient (Wildman–Crippen LogP) is 4.47. The number of carbonyl (C=O) groups excluding carboxylic acids is 1. The first-order valence-corrected chi connectivity index (χ1v) is 12.9. The van der Waals surface area contributed by atoms with E-state index >= 15 is 0 Å². The molecular weight excluding hydrogens is 498 g/mol. The fraction of sp³-hybridized carbons (Fsp3) is 0.500. The lowest BCUT2D eigenvalue weighted by Gasteiger charge is -2.44. The largest absolute Gasteiger partial charge is 0.496 e. The van der Waals surface area contributed by atoms with Crippen LogP contribution in [-0.2, 0) is 32.5 Å². The van der Waals surface area contributed by atoms with E-state index in [-0.39, 0.29) is 5.43 Å². The number of esters is 1. The summed E-state index contributed by atoms with van der Waals surface area (Å²) >= 11 is 6.57. The van der Waals surface area contributed by atoms with E-state index in [4.69, 9.17) is 35.3 Å². The number of fused-ring (bicyclic) bond motifs is 4. The van der Waals surface area contributed by atoms with E-state index in [1.165, 1.54) is 6.92 Å². The summed E-state index contributed by atoms with van der Waals surface area (Å²) in [6.45, 7) is 7.09. The maximum Gasteiger partial charge on any atom is 0.303 e. The van der Waals surface area contributed by atoms with Gasteiger partial charge in [0.25, 0.3) is 0 Å². The van der Waals surface area contributed by atoms with E-state index in [0.717, 1.165) is 16.6 Å². The molecule has 0 aliphatic carbocycles. The molecule has 2 aromatic carbocycles. The van der Waals surface area contributed by atoms with Crippen molar-refractivity contribution < 1.29 is 28.5 Å². The molecule has 0 spiro atoms. The van der Waals surface area contributed by atoms with Crippen molar-refractivity contribution in [3.05, 3.63) is 46.1 Å². The molecule has 0 unspecified atom stereocenters. The Hall–Kier alpha value is -2.81. The van der Waals surface area contributed by atoms with Crippen molar-refractivity contribution in [3.8, 4) is 11.5 Å². The van der Waals surface area contributed by atoms with Crippen molar-refractivity contribution in [3.63, 3.8) is 0 Å². The number of carbonyl (C=O) groups is 1. The highest BCUT2D eigenvalue weighted by Gasteiger charge is 2.44. The third-order valence-electron chi connectivity index (χ3n) is 7.38. The number of methoxy groups -OCH3 is 1. The highest BCUT2D eigenvalue weighted by Crippen LogP contribution is 2.43. The zero-order chi connectivity index (χ0) is 26.6. The number of halogens is 1. The van der Waals surface area contributed by atoms with Gasteiger partial charge in [-0.25, -0.2) is 0 Å². The molecule has 1 saturated heterocycles. The number of hydrogen-bond acceptors (Lipinski definition) is 7. The summed E-state index contributed by atoms with van der Waals surface area (Å²) in [4.78, 5) is 25.0. The summed E-state index contributed by atoms with van der Waals surface area (Å²) < 4.78 is 32.0. The summed E-state index contributed by atoms with van der Waals surface area (Å²) in [5.41, 5.74) is 1.66. The fourth-order valence-corrected chi connectivity index (χ4v) is 5.93. The van der Waals surface area contributed by atoms with E-state index < -0.39 is 41.5 Å². The Kier molecular flexibility index (Phi) is 6.63. The summed E-state index contributed by atoms with van der Waals surface area (Å²) in [7, 11) is 3.50. The predicted molar refractivity (Wildman–Crippen MR) is 141 cm³/mol. The molecule has 198 valence electrons. The molecule has 8 nitrogen and oxygen atoms in total. The van der Waals surface area contributed by atoms with Gasteiger partial charge in [-0.15, -0.1) is 11.6 Å². The summed E-state index contributed by atoms with van der Waals surface area (Å²) in [5.74, 6) is 0.730. The lowest BCUT2D eigenvalue weighted by molar-refractivity contribution is -0.256. The van der Waals surface area contributed by atoms with Crippen molar-refractivity contribution in [2.75, 3.05) is 7.11 Å². The Morgan fingerprint density at radius 2 is 1.97 bits per heavy atom. The zero-order valence-corrected chi connectivity index (χ0v) is 22.6. The Morgan fingerprint density at radius 1 is 1.24 bits per heavy atom. The lowest BCUT2D eigenvalue weighted by Crippen LogP contribution is -2.53. The van der Waals surface area contributed by atoms with Crippen LogP contribution in [0.25, 0.3) is 21.8 Å². The van der Waals surface area contributed by atoms with Crippen LogP contribution in [0.3, 0.4) is 0 Å². The van der Waals surface area contributed by atoms with Gasteiger partial charge in [-0.05, 0) is 32.9 Å². The smallest absolute Gasteiger partial charge is 0.303 e. The van der Waals surface area contributed by atoms with E-state index in [1.807, 2.05) is 56.7 Å². The molecule has 0 saturated carbocycles. The van der Waals surface area contributed by atoms with E-state index in [2.05, 4.69) is 0 Å². The number of hydrogen-bond donors (Lipinski definition) is 0. The quantitative estimate of drug-likeness (QED) is 0.280. The van der Waals surface area contributed by atoms with Gasteiger partial charge in [0.1, 0.15) is 29.3 Å². The normalized spacial score (nSPS) is 26.9. The standard InChI is InChI=1S/C28H32ClNO7/c1-14-27(35-15(2)31)18(29)12-23(34-14)36-22-11-17-20(37-28(22,3)4)13-21(33-6)24-25(17)30(5)19-10-8-7-9-16(19)26(24)32/h7-10,13-14,18,22-23,27H,11-12H2,1-6H3/t14-,18-,22-,23-,27-/m0/s1. The molecular formula is C28H32ClNO7. The fourth-order valence-electron chi connectivity index (χ4n) is 5.52. The molecule has 0 bridgehead atoms. The first kappa shape index (κ1) is 25.8. The van der Waals surface area contributed by atoms with Crippen LogP contribution in [0.4, 0.5) is 0 Å². The number of ether oxygens (including phenoxy) is 5. The molecule has 1 aromatic heterocycles. The molecule has 3 aromatic rings. The molecule has 2 aliphatic heterocycles. The number of rotatable bonds is 4. The molecule has 0 N–H and O–H groups in total. The average Bonchev–Trinajstić information content (AvgIpc) is 2.84. The van der Waals surface area contributed by atoms with Gasteiger partial charge in [0, 0.05) is 43.8 Å². The number of pyridine rings is 1. The van der Waals surface area contributed by atoms with Gasteiger partial charge < -0.3 is 28.3 Å². The SMILES string of the molecule is COc1cc2c(c3c1c(=O)c1ccccc1n3C)C[C@H](O[C@H]1C[C@H](Cl)[C@@H](OC(C)=O)[C@H](C)O1)C(C)(C)O2. The van der Waals surface area contributed by atoms with Crippen molar-refractivity contribution in [2.45, 2.75) is 76.1 Å². The Morgan fingerprint density at radius 3 is 2.65 bits per heavy atom. The molecule has 2 aliphatic rings. The van der Waals surface area contributed by atoms with Gasteiger partial charge in [-0.2, -0.15) is 0 Å². The minimum atomic E-state index is -0.706. The van der Waals surface area contributed by atoms with E-state index in [9.17, 15) is 9.59 Å². The van der Waals surface area contributed by atoms with Gasteiger partial charge in [-0.1, -0.05) is 12.1 Å². The van der Waals surface area contributed by atoms with Crippen molar-refractivity contribution >= 4 is 39.4 Å². The molecule has 37 heavy (non-hydrogen) atoms. The second-order valence-corrected chi connectivity index (χ2v) is 10.9. The van der Waals surface area contributed by atoms with Crippen molar-refractivity contribution in [2.24, 2.45) is 7.05 Å². The van der Waals surface area contributed by atoms with Crippen LogP contribution in [0.15, 0.2) is 35.1 Å². The minimum absolute atomic E-state index is 0.0865. The molecule has 9 heteroatoms. The second-order valence-electron chi connectivity index (χ2n) is 10.3. The third-order valence-corrected chi connectivity index (χ3v) is 7.81. The highest BCUT2D eigenvalue weighted by atomic mass is 35.5. The maximum atomic E-state index is 13.6. The molecule has 0 amide bonds. The first-order chi connectivity index (χ1) is 17.5. The van der Waals surface area contributed by atoms with Crippen LogP contribution in [0.5, 0.6) is 11.5 Å². The number of benzene rings is 2. The van der Waals surface area contributed by atoms with E-state index in [0.29, 0.717) is 35.1 Å². The first-order valence-electron chi connectivity index (χ1n) is 12.4. The van der Waals surface area contributed by atoms with Gasteiger partial charge in [0.15, 0.2) is 6.29 Å². The Balaban J connectivity index is 1.55. The van der Waals surface area contributed by atoms with Crippen LogP contribution in [0.1, 0.15) is 39.7 Å². The Bertz CT molecular complexity index is 1420. The maximum absolute atomic E-state index is 13.6. The summed E-state index contributed by atoms with van der Waals surface area (Å²) in [5, 5.41) is 0.688.